The van der Waals surface area contributed by atoms with Gasteiger partial charge in [-0.3, -0.25) is 0 Å². The fourth-order valence-electron chi connectivity index (χ4n) is 1.21. The number of nitrogens with two attached hydrogens (primary N) is 2. The van der Waals surface area contributed by atoms with Crippen LogP contribution in [0.4, 0.5) is 11.4 Å². The minimum absolute atomic E-state index is 0.730. The lowest BCUT2D eigenvalue weighted by Crippen LogP contribution is -2.00. The van der Waals surface area contributed by atoms with Gasteiger partial charge in [0.25, 0.3) is 0 Å². The Morgan fingerprint density at radius 1 is 1.25 bits per heavy atom. The van der Waals surface area contributed by atoms with Crippen molar-refractivity contribution in [1.29, 1.82) is 0 Å². The van der Waals surface area contributed by atoms with Gasteiger partial charge in [0.2, 0.25) is 0 Å². The third kappa shape index (κ3) is 1.16. The summed E-state index contributed by atoms with van der Waals surface area (Å²) >= 11 is 0. The van der Waals surface area contributed by atoms with Crippen molar-refractivity contribution in [2.24, 2.45) is 0 Å². The van der Waals surface area contributed by atoms with E-state index >= 15 is 0 Å². The summed E-state index contributed by atoms with van der Waals surface area (Å²) in [5.74, 6) is 0. The second-order valence-corrected chi connectivity index (χ2v) is 2.94. The zero-order valence-corrected chi connectivity index (χ0v) is 7.52. The number of anilines is 2. The number of rotatable bonds is 1. The summed E-state index contributed by atoms with van der Waals surface area (Å²) in [5, 5.41) is 0. The van der Waals surface area contributed by atoms with Gasteiger partial charge in [0.05, 0.1) is 0 Å². The molecule has 1 aromatic rings. The smallest absolute Gasteiger partial charge is 0.0438 e. The normalized spacial score (nSPS) is 9.83. The monoisotopic (exact) mass is 162 g/mol. The van der Waals surface area contributed by atoms with E-state index in [2.05, 4.69) is 6.58 Å². The van der Waals surface area contributed by atoms with Gasteiger partial charge in [-0.15, -0.1) is 0 Å². The molecule has 0 spiro atoms. The minimum atomic E-state index is 0.730. The van der Waals surface area contributed by atoms with Gasteiger partial charge in [0.1, 0.15) is 0 Å². The standard InChI is InChI=1S/C10H14N2/c1-4-8-5-6(2)9(11)7(3)10(8)12/h4-5H,1,11-12H2,2-3H3. The van der Waals surface area contributed by atoms with Crippen molar-refractivity contribution in [3.05, 3.63) is 29.3 Å². The number of hydrogen-bond acceptors (Lipinski definition) is 2. The van der Waals surface area contributed by atoms with Gasteiger partial charge < -0.3 is 11.5 Å². The summed E-state index contributed by atoms with van der Waals surface area (Å²) in [4.78, 5) is 0. The van der Waals surface area contributed by atoms with E-state index in [0.29, 0.717) is 0 Å². The quantitative estimate of drug-likeness (QED) is 0.621. The molecule has 2 nitrogen and oxygen atoms in total. The van der Waals surface area contributed by atoms with E-state index in [9.17, 15) is 0 Å². The molecule has 0 atom stereocenters. The van der Waals surface area contributed by atoms with E-state index in [1.165, 1.54) is 0 Å². The molecular weight excluding hydrogens is 148 g/mol. The maximum atomic E-state index is 5.81. The number of aryl methyl sites for hydroxylation is 1. The topological polar surface area (TPSA) is 52.0 Å². The highest BCUT2D eigenvalue weighted by Gasteiger charge is 2.05. The summed E-state index contributed by atoms with van der Waals surface area (Å²) < 4.78 is 0. The molecule has 0 heterocycles. The molecule has 0 aliphatic carbocycles. The Morgan fingerprint density at radius 2 is 1.83 bits per heavy atom. The first kappa shape index (κ1) is 8.65. The SMILES string of the molecule is C=Cc1cc(C)c(N)c(C)c1N. The van der Waals surface area contributed by atoms with Crippen LogP contribution in [0.2, 0.25) is 0 Å². The van der Waals surface area contributed by atoms with Crippen LogP contribution in [0.1, 0.15) is 16.7 Å². The molecule has 0 aromatic heterocycles. The van der Waals surface area contributed by atoms with Gasteiger partial charge in [0.15, 0.2) is 0 Å². The summed E-state index contributed by atoms with van der Waals surface area (Å²) in [7, 11) is 0. The van der Waals surface area contributed by atoms with E-state index < -0.39 is 0 Å². The van der Waals surface area contributed by atoms with E-state index in [1.54, 1.807) is 6.08 Å². The van der Waals surface area contributed by atoms with Crippen molar-refractivity contribution in [3.63, 3.8) is 0 Å². The van der Waals surface area contributed by atoms with Gasteiger partial charge in [-0.25, -0.2) is 0 Å². The first-order valence-electron chi connectivity index (χ1n) is 3.85. The molecule has 2 heteroatoms. The molecule has 0 saturated heterocycles. The van der Waals surface area contributed by atoms with E-state index in [-0.39, 0.29) is 0 Å². The number of nitrogen functional groups attached to an aromatic ring is 2. The number of hydrogen-bond donors (Lipinski definition) is 2. The van der Waals surface area contributed by atoms with Crippen LogP contribution >= 0.6 is 0 Å². The van der Waals surface area contributed by atoms with Crippen molar-refractivity contribution in [2.45, 2.75) is 13.8 Å². The molecule has 0 unspecified atom stereocenters. The summed E-state index contributed by atoms with van der Waals surface area (Å²) in [6.07, 6.45) is 1.74. The average Bonchev–Trinajstić information content (AvgIpc) is 2.08. The Hall–Kier alpha value is -1.44. The summed E-state index contributed by atoms with van der Waals surface area (Å²) in [6.45, 7) is 7.57. The average molecular weight is 162 g/mol. The molecule has 4 N–H and O–H groups in total. The molecule has 1 aromatic carbocycles. The largest absolute Gasteiger partial charge is 0.398 e. The highest BCUT2D eigenvalue weighted by atomic mass is 14.6. The van der Waals surface area contributed by atoms with Crippen molar-refractivity contribution < 1.29 is 0 Å². The second-order valence-electron chi connectivity index (χ2n) is 2.94. The molecule has 0 bridgehead atoms. The molecule has 0 amide bonds. The van der Waals surface area contributed by atoms with Crippen molar-refractivity contribution >= 4 is 17.5 Å². The molecule has 1 rings (SSSR count). The molecule has 0 saturated carbocycles. The van der Waals surface area contributed by atoms with Crippen LogP contribution in [-0.4, -0.2) is 0 Å². The lowest BCUT2D eigenvalue weighted by atomic mass is 10.0. The van der Waals surface area contributed by atoms with E-state index in [1.807, 2.05) is 19.9 Å². The lowest BCUT2D eigenvalue weighted by Gasteiger charge is -2.10. The van der Waals surface area contributed by atoms with Crippen LogP contribution in [0, 0.1) is 13.8 Å². The molecule has 64 valence electrons. The first-order valence-corrected chi connectivity index (χ1v) is 3.85. The molecular formula is C10H14N2. The summed E-state index contributed by atoms with van der Waals surface area (Å²) in [6, 6.07) is 1.95. The Bertz CT molecular complexity index is 327. The zero-order valence-electron chi connectivity index (χ0n) is 7.52. The number of benzene rings is 1. The molecule has 0 aliphatic rings. The fraction of sp³-hybridized carbons (Fsp3) is 0.200. The molecule has 12 heavy (non-hydrogen) atoms. The molecule has 0 radical (unpaired) electrons. The maximum absolute atomic E-state index is 5.81. The van der Waals surface area contributed by atoms with Crippen LogP contribution < -0.4 is 11.5 Å². The van der Waals surface area contributed by atoms with Gasteiger partial charge in [-0.1, -0.05) is 12.7 Å². The van der Waals surface area contributed by atoms with Crippen LogP contribution in [0.3, 0.4) is 0 Å². The van der Waals surface area contributed by atoms with E-state index in [4.69, 9.17) is 11.5 Å². The summed E-state index contributed by atoms with van der Waals surface area (Å²) in [5.41, 5.74) is 16.1. The molecule has 0 fully saturated rings. The fourth-order valence-corrected chi connectivity index (χ4v) is 1.21. The predicted molar refractivity (Wildman–Crippen MR) is 54.8 cm³/mol. The van der Waals surface area contributed by atoms with E-state index in [0.717, 1.165) is 28.1 Å². The van der Waals surface area contributed by atoms with Crippen LogP contribution in [-0.2, 0) is 0 Å². The maximum Gasteiger partial charge on any atom is 0.0438 e. The van der Waals surface area contributed by atoms with Gasteiger partial charge >= 0.3 is 0 Å². The Balaban J connectivity index is 3.49. The van der Waals surface area contributed by atoms with Gasteiger partial charge in [-0.2, -0.15) is 0 Å². The predicted octanol–water partition coefficient (Wildman–Crippen LogP) is 2.11. The van der Waals surface area contributed by atoms with Gasteiger partial charge in [0, 0.05) is 11.4 Å². The van der Waals surface area contributed by atoms with Crippen LogP contribution in [0.15, 0.2) is 12.6 Å². The van der Waals surface area contributed by atoms with Crippen molar-refractivity contribution in [2.75, 3.05) is 11.5 Å². The minimum Gasteiger partial charge on any atom is -0.398 e. The highest BCUT2D eigenvalue weighted by molar-refractivity contribution is 5.75. The Morgan fingerprint density at radius 3 is 2.33 bits per heavy atom. The zero-order chi connectivity index (χ0) is 9.30. The third-order valence-corrected chi connectivity index (χ3v) is 2.14. The third-order valence-electron chi connectivity index (χ3n) is 2.14. The van der Waals surface area contributed by atoms with Crippen LogP contribution in [0.5, 0.6) is 0 Å². The highest BCUT2D eigenvalue weighted by Crippen LogP contribution is 2.26. The Labute approximate surface area is 72.9 Å². The van der Waals surface area contributed by atoms with Crippen molar-refractivity contribution in [3.8, 4) is 0 Å². The van der Waals surface area contributed by atoms with Crippen molar-refractivity contribution in [1.82, 2.24) is 0 Å². The molecule has 0 aliphatic heterocycles. The Kier molecular flexibility index (Phi) is 2.09. The van der Waals surface area contributed by atoms with Crippen LogP contribution in [0.25, 0.3) is 6.08 Å². The second kappa shape index (κ2) is 2.89. The first-order chi connectivity index (χ1) is 5.57. The van der Waals surface area contributed by atoms with Gasteiger partial charge in [-0.05, 0) is 36.6 Å². The lowest BCUT2D eigenvalue weighted by molar-refractivity contribution is 1.38.